The third-order valence-electron chi connectivity index (χ3n) is 3.25. The second-order valence-electron chi connectivity index (χ2n) is 4.66. The van der Waals surface area contributed by atoms with E-state index in [2.05, 4.69) is 16.0 Å². The van der Waals surface area contributed by atoms with Gasteiger partial charge in [-0.1, -0.05) is 12.8 Å². The average molecular weight is 220 g/mol. The smallest absolute Gasteiger partial charge is 0.128 e. The van der Waals surface area contributed by atoms with E-state index in [4.69, 9.17) is 5.11 Å². The lowest BCUT2D eigenvalue weighted by atomic mass is 10.0. The van der Waals surface area contributed by atoms with Crippen LogP contribution in [-0.2, 0) is 6.42 Å². The van der Waals surface area contributed by atoms with Crippen molar-refractivity contribution in [2.45, 2.75) is 51.4 Å². The van der Waals surface area contributed by atoms with E-state index in [0.29, 0.717) is 5.92 Å². The highest BCUT2D eigenvalue weighted by atomic mass is 16.2. The molecule has 3 heteroatoms. The van der Waals surface area contributed by atoms with Crippen molar-refractivity contribution in [2.24, 2.45) is 0 Å². The molecule has 0 unspecified atom stereocenters. The minimum Gasteiger partial charge on any atom is -0.396 e. The van der Waals surface area contributed by atoms with E-state index in [1.165, 1.54) is 31.4 Å². The van der Waals surface area contributed by atoms with Crippen molar-refractivity contribution >= 4 is 0 Å². The lowest BCUT2D eigenvalue weighted by Crippen LogP contribution is -2.05. The van der Waals surface area contributed by atoms with Crippen LogP contribution in [0.1, 0.15) is 55.2 Å². The van der Waals surface area contributed by atoms with Crippen molar-refractivity contribution in [3.63, 3.8) is 0 Å². The summed E-state index contributed by atoms with van der Waals surface area (Å²) in [7, 11) is 0. The van der Waals surface area contributed by atoms with Gasteiger partial charge in [-0.3, -0.25) is 0 Å². The molecular formula is C13H20N2O. The maximum absolute atomic E-state index is 8.82. The Morgan fingerprint density at radius 3 is 2.75 bits per heavy atom. The molecule has 0 saturated heterocycles. The summed E-state index contributed by atoms with van der Waals surface area (Å²) < 4.78 is 0. The molecule has 0 bridgehead atoms. The van der Waals surface area contributed by atoms with Gasteiger partial charge in [0.05, 0.1) is 0 Å². The number of hydrogen-bond donors (Lipinski definition) is 1. The number of aliphatic hydroxyl groups is 1. The molecule has 0 radical (unpaired) electrons. The number of aromatic nitrogens is 2. The molecular weight excluding hydrogens is 200 g/mol. The van der Waals surface area contributed by atoms with Crippen LogP contribution in [0.25, 0.3) is 0 Å². The molecule has 16 heavy (non-hydrogen) atoms. The van der Waals surface area contributed by atoms with Crippen LogP contribution in [0.2, 0.25) is 0 Å². The largest absolute Gasteiger partial charge is 0.396 e. The first-order valence-corrected chi connectivity index (χ1v) is 6.25. The number of hydrogen-bond acceptors (Lipinski definition) is 3. The Balaban J connectivity index is 2.14. The molecule has 0 spiro atoms. The summed E-state index contributed by atoms with van der Waals surface area (Å²) in [5, 5.41) is 8.82. The summed E-state index contributed by atoms with van der Waals surface area (Å²) in [6.45, 7) is 2.25. The normalized spacial score (nSPS) is 16.9. The van der Waals surface area contributed by atoms with Gasteiger partial charge < -0.3 is 5.11 Å². The Bertz CT molecular complexity index is 346. The highest BCUT2D eigenvalue weighted by Crippen LogP contribution is 2.33. The molecule has 1 fully saturated rings. The molecule has 1 N–H and O–H groups in total. The van der Waals surface area contributed by atoms with Crippen LogP contribution < -0.4 is 0 Å². The van der Waals surface area contributed by atoms with Crippen molar-refractivity contribution < 1.29 is 5.11 Å². The van der Waals surface area contributed by atoms with Gasteiger partial charge in [0.2, 0.25) is 0 Å². The molecule has 1 saturated carbocycles. The van der Waals surface area contributed by atoms with Gasteiger partial charge in [0.1, 0.15) is 5.82 Å². The van der Waals surface area contributed by atoms with Gasteiger partial charge in [-0.05, 0) is 32.3 Å². The maximum Gasteiger partial charge on any atom is 0.128 e. The first-order valence-electron chi connectivity index (χ1n) is 6.25. The Morgan fingerprint density at radius 1 is 1.31 bits per heavy atom. The second kappa shape index (κ2) is 5.39. The highest BCUT2D eigenvalue weighted by Gasteiger charge is 2.19. The van der Waals surface area contributed by atoms with Crippen molar-refractivity contribution in [3.8, 4) is 0 Å². The molecule has 0 atom stereocenters. The molecule has 1 aliphatic carbocycles. The van der Waals surface area contributed by atoms with Gasteiger partial charge >= 0.3 is 0 Å². The Hall–Kier alpha value is -0.960. The van der Waals surface area contributed by atoms with Gasteiger partial charge in [-0.2, -0.15) is 0 Å². The van der Waals surface area contributed by atoms with Crippen LogP contribution in [0.3, 0.4) is 0 Å². The minimum atomic E-state index is 0.218. The highest BCUT2D eigenvalue weighted by molar-refractivity contribution is 5.15. The van der Waals surface area contributed by atoms with E-state index in [1.54, 1.807) is 0 Å². The van der Waals surface area contributed by atoms with Gasteiger partial charge in [0.25, 0.3) is 0 Å². The molecule has 0 aromatic carbocycles. The summed E-state index contributed by atoms with van der Waals surface area (Å²) in [5.74, 6) is 1.55. The minimum absolute atomic E-state index is 0.218. The molecule has 1 heterocycles. The second-order valence-corrected chi connectivity index (χ2v) is 4.66. The topological polar surface area (TPSA) is 46.0 Å². The molecule has 3 nitrogen and oxygen atoms in total. The lowest BCUT2D eigenvalue weighted by molar-refractivity contribution is 0.287. The number of nitrogens with zero attached hydrogens (tertiary/aromatic N) is 2. The number of aliphatic hydroxyl groups excluding tert-OH is 1. The summed E-state index contributed by atoms with van der Waals surface area (Å²) >= 11 is 0. The fourth-order valence-corrected chi connectivity index (χ4v) is 2.44. The van der Waals surface area contributed by atoms with E-state index in [-0.39, 0.29) is 6.61 Å². The van der Waals surface area contributed by atoms with Crippen molar-refractivity contribution in [1.29, 1.82) is 0 Å². The Morgan fingerprint density at radius 2 is 2.06 bits per heavy atom. The fourth-order valence-electron chi connectivity index (χ4n) is 2.44. The summed E-state index contributed by atoms with van der Waals surface area (Å²) in [6, 6.07) is 2.12. The predicted molar refractivity (Wildman–Crippen MR) is 63.4 cm³/mol. The average Bonchev–Trinajstić information content (AvgIpc) is 2.79. The van der Waals surface area contributed by atoms with Crippen molar-refractivity contribution in [3.05, 3.63) is 23.3 Å². The van der Waals surface area contributed by atoms with Crippen molar-refractivity contribution in [1.82, 2.24) is 9.97 Å². The number of aryl methyl sites for hydroxylation is 2. The van der Waals surface area contributed by atoms with E-state index in [9.17, 15) is 0 Å². The quantitative estimate of drug-likeness (QED) is 0.847. The molecule has 88 valence electrons. The van der Waals surface area contributed by atoms with E-state index >= 15 is 0 Å². The summed E-state index contributed by atoms with van der Waals surface area (Å²) in [5.41, 5.74) is 2.28. The summed E-state index contributed by atoms with van der Waals surface area (Å²) in [4.78, 5) is 9.05. The molecule has 0 amide bonds. The van der Waals surface area contributed by atoms with E-state index in [0.717, 1.165) is 24.4 Å². The van der Waals surface area contributed by atoms with Gasteiger partial charge in [0.15, 0.2) is 0 Å². The van der Waals surface area contributed by atoms with Crippen LogP contribution in [-0.4, -0.2) is 21.7 Å². The molecule has 2 rings (SSSR count). The third-order valence-corrected chi connectivity index (χ3v) is 3.25. The molecule has 0 aliphatic heterocycles. The van der Waals surface area contributed by atoms with E-state index in [1.807, 2.05) is 6.92 Å². The zero-order valence-electron chi connectivity index (χ0n) is 9.95. The molecule has 1 aliphatic rings. The van der Waals surface area contributed by atoms with Crippen LogP contribution in [0.4, 0.5) is 0 Å². The fraction of sp³-hybridized carbons (Fsp3) is 0.692. The summed E-state index contributed by atoms with van der Waals surface area (Å²) in [6.07, 6.45) is 6.76. The Labute approximate surface area is 96.9 Å². The van der Waals surface area contributed by atoms with Crippen LogP contribution >= 0.6 is 0 Å². The zero-order valence-corrected chi connectivity index (χ0v) is 9.95. The van der Waals surface area contributed by atoms with Gasteiger partial charge in [0, 0.05) is 30.3 Å². The molecule has 1 aromatic heterocycles. The van der Waals surface area contributed by atoms with E-state index < -0.39 is 0 Å². The van der Waals surface area contributed by atoms with Gasteiger partial charge in [-0.25, -0.2) is 9.97 Å². The first-order chi connectivity index (χ1) is 7.79. The van der Waals surface area contributed by atoms with Crippen molar-refractivity contribution in [2.75, 3.05) is 6.61 Å². The molecule has 1 aromatic rings. The monoisotopic (exact) mass is 220 g/mol. The maximum atomic E-state index is 8.82. The van der Waals surface area contributed by atoms with Crippen LogP contribution in [0, 0.1) is 6.92 Å². The third kappa shape index (κ3) is 2.79. The first kappa shape index (κ1) is 11.5. The standard InChI is InChI=1S/C13H20N2O/c1-10-9-12(11-5-2-3-6-11)15-13(14-10)7-4-8-16/h9,11,16H,2-8H2,1H3. The van der Waals surface area contributed by atoms with Crippen LogP contribution in [0.15, 0.2) is 6.07 Å². The van der Waals surface area contributed by atoms with Crippen LogP contribution in [0.5, 0.6) is 0 Å². The van der Waals surface area contributed by atoms with Gasteiger partial charge in [-0.15, -0.1) is 0 Å². The number of rotatable bonds is 4. The Kier molecular flexibility index (Phi) is 3.88. The SMILES string of the molecule is Cc1cc(C2CCCC2)nc(CCCO)n1. The predicted octanol–water partition coefficient (Wildman–Crippen LogP) is 2.37. The zero-order chi connectivity index (χ0) is 11.4. The lowest BCUT2D eigenvalue weighted by Gasteiger charge is -2.10.